The van der Waals surface area contributed by atoms with Crippen LogP contribution < -0.4 is 5.32 Å². The van der Waals surface area contributed by atoms with Crippen molar-refractivity contribution in [3.8, 4) is 0 Å². The van der Waals surface area contributed by atoms with E-state index in [2.05, 4.69) is 5.32 Å². The van der Waals surface area contributed by atoms with Crippen LogP contribution in [-0.4, -0.2) is 36.4 Å². The standard InChI is InChI=1S/C18H17ClN2O3S/c19-16-5-4-15(25-16)14-10-21(7-8-24-14)18(23)12-1-3-13-11(9-12)2-6-17(22)20-13/h1,3-5,9,14H,2,6-8,10H2,(H,20,22). The molecule has 5 nitrogen and oxygen atoms in total. The van der Waals surface area contributed by atoms with Crippen molar-refractivity contribution in [2.45, 2.75) is 18.9 Å². The predicted octanol–water partition coefficient (Wildman–Crippen LogP) is 3.50. The number of halogens is 1. The summed E-state index contributed by atoms with van der Waals surface area (Å²) in [6.07, 6.45) is 0.998. The molecule has 0 spiro atoms. The van der Waals surface area contributed by atoms with Gasteiger partial charge in [0.15, 0.2) is 0 Å². The average Bonchev–Trinajstić information content (AvgIpc) is 3.07. The first-order valence-electron chi connectivity index (χ1n) is 8.19. The van der Waals surface area contributed by atoms with E-state index in [-0.39, 0.29) is 17.9 Å². The minimum atomic E-state index is -0.132. The van der Waals surface area contributed by atoms with E-state index in [4.69, 9.17) is 16.3 Å². The van der Waals surface area contributed by atoms with E-state index in [1.165, 1.54) is 11.3 Å². The second-order valence-corrected chi connectivity index (χ2v) is 7.92. The quantitative estimate of drug-likeness (QED) is 0.872. The number of amides is 2. The molecule has 2 amide bonds. The first-order chi connectivity index (χ1) is 12.1. The number of benzene rings is 1. The first-order valence-corrected chi connectivity index (χ1v) is 9.38. The molecular weight excluding hydrogens is 360 g/mol. The first kappa shape index (κ1) is 16.6. The van der Waals surface area contributed by atoms with Crippen molar-refractivity contribution in [3.05, 3.63) is 50.7 Å². The molecule has 2 aliphatic heterocycles. The molecule has 1 atom stereocenters. The zero-order chi connectivity index (χ0) is 17.4. The van der Waals surface area contributed by atoms with Crippen LogP contribution >= 0.6 is 22.9 Å². The molecule has 25 heavy (non-hydrogen) atoms. The van der Waals surface area contributed by atoms with Gasteiger partial charge in [-0.2, -0.15) is 0 Å². The van der Waals surface area contributed by atoms with Crippen molar-refractivity contribution in [1.29, 1.82) is 0 Å². The SMILES string of the molecule is O=C1CCc2cc(C(=O)N3CCOC(c4ccc(Cl)s4)C3)ccc2N1. The number of carbonyl (C=O) groups is 2. The molecular formula is C18H17ClN2O3S. The van der Waals surface area contributed by atoms with Gasteiger partial charge in [0.25, 0.3) is 5.91 Å². The Morgan fingerprint density at radius 3 is 2.96 bits per heavy atom. The van der Waals surface area contributed by atoms with E-state index >= 15 is 0 Å². The van der Waals surface area contributed by atoms with Gasteiger partial charge in [-0.15, -0.1) is 11.3 Å². The number of rotatable bonds is 2. The van der Waals surface area contributed by atoms with Crippen molar-refractivity contribution < 1.29 is 14.3 Å². The van der Waals surface area contributed by atoms with Gasteiger partial charge in [-0.05, 0) is 42.3 Å². The Labute approximate surface area is 154 Å². The molecule has 1 saturated heterocycles. The lowest BCUT2D eigenvalue weighted by molar-refractivity contribution is -0.116. The molecule has 2 aromatic rings. The summed E-state index contributed by atoms with van der Waals surface area (Å²) in [6, 6.07) is 9.29. The summed E-state index contributed by atoms with van der Waals surface area (Å²) in [5, 5.41) is 2.84. The fourth-order valence-corrected chi connectivity index (χ4v) is 4.31. The number of anilines is 1. The fourth-order valence-electron chi connectivity index (χ4n) is 3.21. The minimum Gasteiger partial charge on any atom is -0.369 e. The highest BCUT2D eigenvalue weighted by Crippen LogP contribution is 2.32. The Bertz CT molecular complexity index is 835. The smallest absolute Gasteiger partial charge is 0.254 e. The largest absolute Gasteiger partial charge is 0.369 e. The van der Waals surface area contributed by atoms with Gasteiger partial charge in [0, 0.05) is 29.1 Å². The number of carbonyl (C=O) groups excluding carboxylic acids is 2. The van der Waals surface area contributed by atoms with Crippen molar-refractivity contribution in [3.63, 3.8) is 0 Å². The van der Waals surface area contributed by atoms with Crippen LogP contribution in [0.4, 0.5) is 5.69 Å². The fraction of sp³-hybridized carbons (Fsp3) is 0.333. The molecule has 130 valence electrons. The van der Waals surface area contributed by atoms with Crippen LogP contribution in [0.1, 0.15) is 33.3 Å². The third kappa shape index (κ3) is 3.42. The molecule has 2 aliphatic rings. The van der Waals surface area contributed by atoms with Crippen LogP contribution in [-0.2, 0) is 16.0 Å². The number of ether oxygens (including phenoxy) is 1. The molecule has 1 fully saturated rings. The van der Waals surface area contributed by atoms with Crippen LogP contribution in [0.25, 0.3) is 0 Å². The van der Waals surface area contributed by atoms with Gasteiger partial charge in [-0.1, -0.05) is 11.6 Å². The number of morpholine rings is 1. The van der Waals surface area contributed by atoms with E-state index < -0.39 is 0 Å². The maximum absolute atomic E-state index is 12.9. The number of thiophene rings is 1. The van der Waals surface area contributed by atoms with Gasteiger partial charge in [-0.3, -0.25) is 9.59 Å². The molecule has 0 bridgehead atoms. The van der Waals surface area contributed by atoms with E-state index in [1.54, 1.807) is 6.07 Å². The van der Waals surface area contributed by atoms with Crippen molar-refractivity contribution in [1.82, 2.24) is 4.90 Å². The monoisotopic (exact) mass is 376 g/mol. The third-order valence-electron chi connectivity index (χ3n) is 4.51. The Hall–Kier alpha value is -1.89. The van der Waals surface area contributed by atoms with Crippen LogP contribution in [0, 0.1) is 0 Å². The molecule has 1 unspecified atom stereocenters. The lowest BCUT2D eigenvalue weighted by Crippen LogP contribution is -2.42. The maximum atomic E-state index is 12.9. The molecule has 1 N–H and O–H groups in total. The molecule has 7 heteroatoms. The number of fused-ring (bicyclic) bond motifs is 1. The van der Waals surface area contributed by atoms with Gasteiger partial charge >= 0.3 is 0 Å². The topological polar surface area (TPSA) is 58.6 Å². The van der Waals surface area contributed by atoms with Crippen LogP contribution in [0.5, 0.6) is 0 Å². The zero-order valence-corrected chi connectivity index (χ0v) is 15.0. The lowest BCUT2D eigenvalue weighted by atomic mass is 10.00. The number of hydrogen-bond donors (Lipinski definition) is 1. The summed E-state index contributed by atoms with van der Waals surface area (Å²) < 4.78 is 6.53. The van der Waals surface area contributed by atoms with Crippen molar-refractivity contribution in [2.75, 3.05) is 25.0 Å². The van der Waals surface area contributed by atoms with Gasteiger partial charge in [0.2, 0.25) is 5.91 Å². The molecule has 1 aromatic heterocycles. The number of hydrogen-bond acceptors (Lipinski definition) is 4. The van der Waals surface area contributed by atoms with Crippen molar-refractivity contribution >= 4 is 40.4 Å². The molecule has 1 aromatic carbocycles. The maximum Gasteiger partial charge on any atom is 0.254 e. The van der Waals surface area contributed by atoms with E-state index in [1.807, 2.05) is 29.2 Å². The average molecular weight is 377 g/mol. The third-order valence-corrected chi connectivity index (χ3v) is 5.84. The second kappa shape index (κ2) is 6.78. The second-order valence-electron chi connectivity index (χ2n) is 6.17. The van der Waals surface area contributed by atoms with E-state index in [0.717, 1.165) is 20.5 Å². The predicted molar refractivity (Wildman–Crippen MR) is 97.3 cm³/mol. The summed E-state index contributed by atoms with van der Waals surface area (Å²) in [4.78, 5) is 27.2. The molecule has 3 heterocycles. The Kier molecular flexibility index (Phi) is 4.50. The van der Waals surface area contributed by atoms with Gasteiger partial charge in [0.1, 0.15) is 6.10 Å². The van der Waals surface area contributed by atoms with Crippen LogP contribution in [0.2, 0.25) is 4.34 Å². The number of aryl methyl sites for hydroxylation is 1. The highest BCUT2D eigenvalue weighted by Gasteiger charge is 2.27. The normalized spacial score (nSPS) is 20.1. The summed E-state index contributed by atoms with van der Waals surface area (Å²) in [7, 11) is 0. The van der Waals surface area contributed by atoms with E-state index in [9.17, 15) is 9.59 Å². The number of nitrogens with zero attached hydrogens (tertiary/aromatic N) is 1. The van der Waals surface area contributed by atoms with Gasteiger partial charge < -0.3 is 15.0 Å². The Morgan fingerprint density at radius 2 is 2.16 bits per heavy atom. The van der Waals surface area contributed by atoms with Crippen molar-refractivity contribution in [2.24, 2.45) is 0 Å². The summed E-state index contributed by atoms with van der Waals surface area (Å²) in [5.41, 5.74) is 2.47. The highest BCUT2D eigenvalue weighted by molar-refractivity contribution is 7.16. The van der Waals surface area contributed by atoms with Crippen LogP contribution in [0.15, 0.2) is 30.3 Å². The summed E-state index contributed by atoms with van der Waals surface area (Å²) >= 11 is 7.49. The van der Waals surface area contributed by atoms with Gasteiger partial charge in [0.05, 0.1) is 17.5 Å². The minimum absolute atomic E-state index is 0.00402. The van der Waals surface area contributed by atoms with E-state index in [0.29, 0.717) is 38.1 Å². The van der Waals surface area contributed by atoms with Crippen LogP contribution in [0.3, 0.4) is 0 Å². The Balaban J connectivity index is 1.51. The highest BCUT2D eigenvalue weighted by atomic mass is 35.5. The summed E-state index contributed by atoms with van der Waals surface area (Å²) in [6.45, 7) is 1.60. The van der Waals surface area contributed by atoms with Gasteiger partial charge in [-0.25, -0.2) is 0 Å². The molecule has 4 rings (SSSR count). The summed E-state index contributed by atoms with van der Waals surface area (Å²) in [5.74, 6) is 0.0212. The number of nitrogens with one attached hydrogen (secondary N) is 1. The lowest BCUT2D eigenvalue weighted by Gasteiger charge is -2.32. The molecule has 0 radical (unpaired) electrons. The zero-order valence-electron chi connectivity index (χ0n) is 13.5. The Morgan fingerprint density at radius 1 is 1.28 bits per heavy atom. The molecule has 0 saturated carbocycles. The molecule has 0 aliphatic carbocycles.